The second-order valence-corrected chi connectivity index (χ2v) is 2.78. The van der Waals surface area contributed by atoms with Gasteiger partial charge in [0.15, 0.2) is 5.11 Å². The molecule has 1 aromatic rings. The van der Waals surface area contributed by atoms with Crippen LogP contribution >= 0.6 is 12.2 Å². The van der Waals surface area contributed by atoms with Gasteiger partial charge in [0.2, 0.25) is 0 Å². The fourth-order valence-electron chi connectivity index (χ4n) is 0.791. The van der Waals surface area contributed by atoms with E-state index in [0.717, 1.165) is 5.56 Å². The van der Waals surface area contributed by atoms with Crippen LogP contribution in [0.2, 0.25) is 0 Å². The summed E-state index contributed by atoms with van der Waals surface area (Å²) in [7, 11) is 0. The van der Waals surface area contributed by atoms with E-state index in [-0.39, 0.29) is 10.9 Å². The van der Waals surface area contributed by atoms with Crippen LogP contribution in [0.15, 0.2) is 24.3 Å². The number of hydrogen-bond donors (Lipinski definition) is 2. The highest BCUT2D eigenvalue weighted by atomic mass is 32.1. The van der Waals surface area contributed by atoms with Crippen molar-refractivity contribution in [2.24, 2.45) is 5.73 Å². The molecule has 1 aromatic carbocycles. The fourth-order valence-corrected chi connectivity index (χ4v) is 0.864. The highest BCUT2D eigenvalue weighted by Crippen LogP contribution is 2.01. The van der Waals surface area contributed by atoms with Crippen molar-refractivity contribution in [3.8, 4) is 0 Å². The molecule has 0 heterocycles. The highest BCUT2D eigenvalue weighted by Gasteiger charge is 1.92. The van der Waals surface area contributed by atoms with Gasteiger partial charge in [-0.05, 0) is 29.9 Å². The zero-order chi connectivity index (χ0) is 8.97. The standard InChI is InChI=1S/C8H9FN2S/c9-7-3-1-6(2-4-7)5-11-8(10)12/h1-4H,5H2,(H3,10,11,12). The molecule has 0 aromatic heterocycles. The van der Waals surface area contributed by atoms with E-state index in [1.807, 2.05) is 0 Å². The Hall–Kier alpha value is -1.16. The molecule has 0 aliphatic heterocycles. The fraction of sp³-hybridized carbons (Fsp3) is 0.125. The SMILES string of the molecule is NC(=S)NCc1ccc(F)cc1. The molecule has 3 N–H and O–H groups in total. The van der Waals surface area contributed by atoms with Gasteiger partial charge in [0.25, 0.3) is 0 Å². The van der Waals surface area contributed by atoms with Gasteiger partial charge in [0, 0.05) is 6.54 Å². The first-order valence-electron chi connectivity index (χ1n) is 3.46. The lowest BCUT2D eigenvalue weighted by Crippen LogP contribution is -2.28. The second kappa shape index (κ2) is 4.01. The number of benzene rings is 1. The van der Waals surface area contributed by atoms with Crippen molar-refractivity contribution in [2.75, 3.05) is 0 Å². The van der Waals surface area contributed by atoms with Gasteiger partial charge < -0.3 is 11.1 Å². The van der Waals surface area contributed by atoms with Crippen LogP contribution in [0, 0.1) is 5.82 Å². The molecule has 0 saturated carbocycles. The molecular weight excluding hydrogens is 175 g/mol. The number of hydrogen-bond acceptors (Lipinski definition) is 1. The van der Waals surface area contributed by atoms with Gasteiger partial charge >= 0.3 is 0 Å². The van der Waals surface area contributed by atoms with Gasteiger partial charge in [0.1, 0.15) is 5.82 Å². The molecule has 4 heteroatoms. The van der Waals surface area contributed by atoms with Crippen LogP contribution in [0.25, 0.3) is 0 Å². The molecule has 2 nitrogen and oxygen atoms in total. The summed E-state index contributed by atoms with van der Waals surface area (Å²) in [5, 5.41) is 3.02. The zero-order valence-corrected chi connectivity index (χ0v) is 7.20. The van der Waals surface area contributed by atoms with E-state index in [2.05, 4.69) is 17.5 Å². The van der Waals surface area contributed by atoms with Crippen LogP contribution in [0.3, 0.4) is 0 Å². The third kappa shape index (κ3) is 2.84. The molecule has 0 radical (unpaired) electrons. The van der Waals surface area contributed by atoms with Crippen molar-refractivity contribution in [1.82, 2.24) is 5.32 Å². The van der Waals surface area contributed by atoms with Crippen molar-refractivity contribution in [2.45, 2.75) is 6.54 Å². The van der Waals surface area contributed by atoms with Gasteiger partial charge in [-0.25, -0.2) is 4.39 Å². The maximum atomic E-state index is 12.4. The molecule has 64 valence electrons. The highest BCUT2D eigenvalue weighted by molar-refractivity contribution is 7.80. The molecule has 0 amide bonds. The normalized spacial score (nSPS) is 9.42. The summed E-state index contributed by atoms with van der Waals surface area (Å²) in [6.07, 6.45) is 0. The maximum Gasteiger partial charge on any atom is 0.163 e. The Bertz CT molecular complexity index is 271. The van der Waals surface area contributed by atoms with Crippen LogP contribution in [0.5, 0.6) is 0 Å². The average molecular weight is 184 g/mol. The van der Waals surface area contributed by atoms with Gasteiger partial charge in [-0.15, -0.1) is 0 Å². The lowest BCUT2D eigenvalue weighted by molar-refractivity contribution is 0.627. The largest absolute Gasteiger partial charge is 0.376 e. The molecule has 1 rings (SSSR count). The van der Waals surface area contributed by atoms with E-state index in [9.17, 15) is 4.39 Å². The topological polar surface area (TPSA) is 38.0 Å². The lowest BCUT2D eigenvalue weighted by Gasteiger charge is -2.02. The number of thiocarbonyl (C=S) groups is 1. The predicted octanol–water partition coefficient (Wildman–Crippen LogP) is 1.16. The van der Waals surface area contributed by atoms with Crippen molar-refractivity contribution in [3.63, 3.8) is 0 Å². The third-order valence-corrected chi connectivity index (χ3v) is 1.52. The lowest BCUT2D eigenvalue weighted by atomic mass is 10.2. The van der Waals surface area contributed by atoms with Crippen molar-refractivity contribution in [1.29, 1.82) is 0 Å². The first-order chi connectivity index (χ1) is 5.68. The Morgan fingerprint density at radius 3 is 2.50 bits per heavy atom. The van der Waals surface area contributed by atoms with E-state index in [0.29, 0.717) is 6.54 Å². The summed E-state index contributed by atoms with van der Waals surface area (Å²) in [6, 6.07) is 6.16. The first-order valence-corrected chi connectivity index (χ1v) is 3.87. The third-order valence-electron chi connectivity index (χ3n) is 1.38. The van der Waals surface area contributed by atoms with E-state index in [1.54, 1.807) is 12.1 Å². The second-order valence-electron chi connectivity index (χ2n) is 2.34. The van der Waals surface area contributed by atoms with Crippen LogP contribution in [-0.4, -0.2) is 5.11 Å². The Morgan fingerprint density at radius 2 is 2.00 bits per heavy atom. The molecule has 0 fully saturated rings. The molecule has 12 heavy (non-hydrogen) atoms. The van der Waals surface area contributed by atoms with Gasteiger partial charge in [-0.3, -0.25) is 0 Å². The van der Waals surface area contributed by atoms with Crippen molar-refractivity contribution < 1.29 is 4.39 Å². The van der Waals surface area contributed by atoms with E-state index in [1.165, 1.54) is 12.1 Å². The van der Waals surface area contributed by atoms with E-state index < -0.39 is 0 Å². The van der Waals surface area contributed by atoms with Crippen LogP contribution in [0.4, 0.5) is 4.39 Å². The Balaban J connectivity index is 2.53. The summed E-state index contributed by atoms with van der Waals surface area (Å²) in [5.74, 6) is -0.242. The number of nitrogens with two attached hydrogens (primary N) is 1. The maximum absolute atomic E-state index is 12.4. The smallest absolute Gasteiger partial charge is 0.163 e. The molecule has 0 aliphatic rings. The average Bonchev–Trinajstić information content (AvgIpc) is 2.03. The summed E-state index contributed by atoms with van der Waals surface area (Å²) >= 11 is 4.61. The minimum absolute atomic E-state index is 0.242. The molecule has 0 spiro atoms. The molecule has 0 bridgehead atoms. The molecule has 0 atom stereocenters. The van der Waals surface area contributed by atoms with Crippen LogP contribution in [-0.2, 0) is 6.54 Å². The quantitative estimate of drug-likeness (QED) is 0.677. The minimum Gasteiger partial charge on any atom is -0.376 e. The summed E-state index contributed by atoms with van der Waals surface area (Å²) in [6.45, 7) is 0.537. The predicted molar refractivity (Wildman–Crippen MR) is 50.0 cm³/mol. The Morgan fingerprint density at radius 1 is 1.42 bits per heavy atom. The first kappa shape index (κ1) is 8.93. The summed E-state index contributed by atoms with van der Waals surface area (Å²) < 4.78 is 12.4. The molecular formula is C8H9FN2S. The molecule has 0 aliphatic carbocycles. The zero-order valence-electron chi connectivity index (χ0n) is 6.38. The number of halogens is 1. The summed E-state index contributed by atoms with van der Waals surface area (Å²) in [4.78, 5) is 0. The molecule has 0 unspecified atom stereocenters. The summed E-state index contributed by atoms with van der Waals surface area (Å²) in [5.41, 5.74) is 6.16. The van der Waals surface area contributed by atoms with Crippen molar-refractivity contribution in [3.05, 3.63) is 35.6 Å². The van der Waals surface area contributed by atoms with Crippen molar-refractivity contribution >= 4 is 17.3 Å². The van der Waals surface area contributed by atoms with Gasteiger partial charge in [-0.2, -0.15) is 0 Å². The molecule has 0 saturated heterocycles. The monoisotopic (exact) mass is 184 g/mol. The van der Waals surface area contributed by atoms with E-state index >= 15 is 0 Å². The minimum atomic E-state index is -0.242. The van der Waals surface area contributed by atoms with Gasteiger partial charge in [0.05, 0.1) is 0 Å². The van der Waals surface area contributed by atoms with Crippen LogP contribution < -0.4 is 11.1 Å². The van der Waals surface area contributed by atoms with Gasteiger partial charge in [-0.1, -0.05) is 12.1 Å². The Kier molecular flexibility index (Phi) is 2.99. The van der Waals surface area contributed by atoms with E-state index in [4.69, 9.17) is 5.73 Å². The van der Waals surface area contributed by atoms with Crippen LogP contribution in [0.1, 0.15) is 5.56 Å². The number of nitrogens with one attached hydrogen (secondary N) is 1. The number of rotatable bonds is 2. The Labute approximate surface area is 75.6 Å².